The average Bonchev–Trinajstić information content (AvgIpc) is 2.72. The number of alkyl halides is 1. The summed E-state index contributed by atoms with van der Waals surface area (Å²) in [6.45, 7) is 0.931. The van der Waals surface area contributed by atoms with Crippen LogP contribution in [0.15, 0.2) is 30.3 Å². The van der Waals surface area contributed by atoms with Crippen LogP contribution in [0.1, 0.15) is 31.2 Å². The molecule has 1 aliphatic rings. The van der Waals surface area contributed by atoms with Crippen LogP contribution in [0.4, 0.5) is 4.39 Å². The molecule has 2 heteroatoms. The SMILES string of the molecule is F[C@@H]1CCC[C@H]1NCCCc1ccccc1. The van der Waals surface area contributed by atoms with Crippen molar-refractivity contribution in [3.8, 4) is 0 Å². The first kappa shape index (κ1) is 11.6. The van der Waals surface area contributed by atoms with E-state index in [-0.39, 0.29) is 6.04 Å². The molecule has 0 aromatic heterocycles. The summed E-state index contributed by atoms with van der Waals surface area (Å²) in [4.78, 5) is 0. The van der Waals surface area contributed by atoms with Gasteiger partial charge in [-0.1, -0.05) is 30.3 Å². The van der Waals surface area contributed by atoms with Crippen LogP contribution in [0, 0.1) is 0 Å². The van der Waals surface area contributed by atoms with Gasteiger partial charge in [-0.05, 0) is 44.2 Å². The summed E-state index contributed by atoms with van der Waals surface area (Å²) in [6, 6.07) is 10.6. The Morgan fingerprint density at radius 1 is 1.19 bits per heavy atom. The van der Waals surface area contributed by atoms with Gasteiger partial charge in [0, 0.05) is 6.04 Å². The maximum Gasteiger partial charge on any atom is 0.115 e. The Kier molecular flexibility index (Phi) is 4.34. The first-order chi connectivity index (χ1) is 7.86. The fraction of sp³-hybridized carbons (Fsp3) is 0.571. The van der Waals surface area contributed by atoms with Crippen molar-refractivity contribution in [2.75, 3.05) is 6.54 Å². The predicted octanol–water partition coefficient (Wildman–Crippen LogP) is 3.10. The molecule has 0 unspecified atom stereocenters. The highest BCUT2D eigenvalue weighted by Crippen LogP contribution is 2.21. The van der Waals surface area contributed by atoms with E-state index in [2.05, 4.69) is 29.6 Å². The van der Waals surface area contributed by atoms with E-state index in [1.54, 1.807) is 0 Å². The summed E-state index contributed by atoms with van der Waals surface area (Å²) in [5.41, 5.74) is 1.37. The van der Waals surface area contributed by atoms with Crippen molar-refractivity contribution in [1.29, 1.82) is 0 Å². The Morgan fingerprint density at radius 3 is 2.69 bits per heavy atom. The molecule has 1 N–H and O–H groups in total. The fourth-order valence-electron chi connectivity index (χ4n) is 2.37. The molecule has 0 aliphatic heterocycles. The molecule has 1 nitrogen and oxygen atoms in total. The monoisotopic (exact) mass is 221 g/mol. The van der Waals surface area contributed by atoms with E-state index < -0.39 is 6.17 Å². The summed E-state index contributed by atoms with van der Waals surface area (Å²) < 4.78 is 13.3. The maximum atomic E-state index is 13.3. The largest absolute Gasteiger partial charge is 0.311 e. The lowest BCUT2D eigenvalue weighted by Gasteiger charge is -2.14. The van der Waals surface area contributed by atoms with Crippen LogP contribution < -0.4 is 5.32 Å². The van der Waals surface area contributed by atoms with E-state index in [4.69, 9.17) is 0 Å². The third-order valence-electron chi connectivity index (χ3n) is 3.32. The van der Waals surface area contributed by atoms with Crippen molar-refractivity contribution in [1.82, 2.24) is 5.32 Å². The van der Waals surface area contributed by atoms with Gasteiger partial charge < -0.3 is 5.32 Å². The number of nitrogens with one attached hydrogen (secondary N) is 1. The van der Waals surface area contributed by atoms with Crippen LogP contribution in [0.5, 0.6) is 0 Å². The maximum absolute atomic E-state index is 13.3. The lowest BCUT2D eigenvalue weighted by Crippen LogP contribution is -2.34. The molecular formula is C14H20FN. The molecule has 0 heterocycles. The lowest BCUT2D eigenvalue weighted by atomic mass is 10.1. The van der Waals surface area contributed by atoms with Gasteiger partial charge in [0.2, 0.25) is 0 Å². The van der Waals surface area contributed by atoms with Crippen LogP contribution in [-0.2, 0) is 6.42 Å². The average molecular weight is 221 g/mol. The van der Waals surface area contributed by atoms with Crippen LogP contribution in [-0.4, -0.2) is 18.8 Å². The Morgan fingerprint density at radius 2 is 2.00 bits per heavy atom. The number of benzene rings is 1. The van der Waals surface area contributed by atoms with Gasteiger partial charge in [0.25, 0.3) is 0 Å². The molecule has 0 saturated heterocycles. The zero-order chi connectivity index (χ0) is 11.2. The van der Waals surface area contributed by atoms with Gasteiger partial charge in [-0.3, -0.25) is 0 Å². The van der Waals surface area contributed by atoms with Gasteiger partial charge in [-0.15, -0.1) is 0 Å². The number of halogens is 1. The molecule has 2 rings (SSSR count). The summed E-state index contributed by atoms with van der Waals surface area (Å²) in [5.74, 6) is 0. The molecule has 0 radical (unpaired) electrons. The van der Waals surface area contributed by atoms with Crippen molar-refractivity contribution in [3.05, 3.63) is 35.9 Å². The van der Waals surface area contributed by atoms with Gasteiger partial charge in [0.05, 0.1) is 0 Å². The van der Waals surface area contributed by atoms with Crippen molar-refractivity contribution >= 4 is 0 Å². The summed E-state index contributed by atoms with van der Waals surface area (Å²) in [6.07, 6.45) is 4.35. The fourth-order valence-corrected chi connectivity index (χ4v) is 2.37. The second-order valence-electron chi connectivity index (χ2n) is 4.60. The van der Waals surface area contributed by atoms with E-state index in [0.29, 0.717) is 0 Å². The molecule has 0 bridgehead atoms. The molecule has 0 amide bonds. The van der Waals surface area contributed by atoms with Crippen molar-refractivity contribution < 1.29 is 4.39 Å². The molecule has 0 spiro atoms. The van der Waals surface area contributed by atoms with Gasteiger partial charge in [0.15, 0.2) is 0 Å². The molecule has 88 valence electrons. The van der Waals surface area contributed by atoms with Crippen LogP contribution in [0.25, 0.3) is 0 Å². The second kappa shape index (κ2) is 6.00. The Balaban J connectivity index is 1.62. The number of hydrogen-bond acceptors (Lipinski definition) is 1. The van der Waals surface area contributed by atoms with Crippen LogP contribution in [0.2, 0.25) is 0 Å². The smallest absolute Gasteiger partial charge is 0.115 e. The van der Waals surface area contributed by atoms with Crippen molar-refractivity contribution in [2.24, 2.45) is 0 Å². The van der Waals surface area contributed by atoms with Crippen molar-refractivity contribution in [3.63, 3.8) is 0 Å². The molecule has 1 aliphatic carbocycles. The molecule has 1 aromatic rings. The topological polar surface area (TPSA) is 12.0 Å². The molecule has 1 saturated carbocycles. The number of hydrogen-bond donors (Lipinski definition) is 1. The highest BCUT2D eigenvalue weighted by molar-refractivity contribution is 5.14. The number of rotatable bonds is 5. The summed E-state index contributed by atoms with van der Waals surface area (Å²) >= 11 is 0. The minimum absolute atomic E-state index is 0.121. The van der Waals surface area contributed by atoms with Gasteiger partial charge in [-0.2, -0.15) is 0 Å². The van der Waals surface area contributed by atoms with Gasteiger partial charge in [-0.25, -0.2) is 4.39 Å². The summed E-state index contributed by atoms with van der Waals surface area (Å²) in [5, 5.41) is 3.33. The molecule has 16 heavy (non-hydrogen) atoms. The zero-order valence-electron chi connectivity index (χ0n) is 9.66. The lowest BCUT2D eigenvalue weighted by molar-refractivity contribution is 0.280. The first-order valence-electron chi connectivity index (χ1n) is 6.27. The molecular weight excluding hydrogens is 201 g/mol. The van der Waals surface area contributed by atoms with E-state index in [1.165, 1.54) is 5.56 Å². The Hall–Kier alpha value is -0.890. The minimum Gasteiger partial charge on any atom is -0.311 e. The number of aryl methyl sites for hydroxylation is 1. The summed E-state index contributed by atoms with van der Waals surface area (Å²) in [7, 11) is 0. The Bertz CT molecular complexity index is 299. The third kappa shape index (κ3) is 3.31. The van der Waals surface area contributed by atoms with E-state index in [1.807, 2.05) is 6.07 Å². The highest BCUT2D eigenvalue weighted by atomic mass is 19.1. The second-order valence-corrected chi connectivity index (χ2v) is 4.60. The minimum atomic E-state index is -0.614. The Labute approximate surface area is 97.1 Å². The third-order valence-corrected chi connectivity index (χ3v) is 3.32. The van der Waals surface area contributed by atoms with E-state index in [0.717, 1.165) is 38.6 Å². The zero-order valence-corrected chi connectivity index (χ0v) is 9.66. The standard InChI is InChI=1S/C14H20FN/c15-13-9-4-10-14(13)16-11-5-8-12-6-2-1-3-7-12/h1-3,6-7,13-14,16H,4-5,8-11H2/t13-,14-/m1/s1. The van der Waals surface area contributed by atoms with Gasteiger partial charge >= 0.3 is 0 Å². The normalized spacial score (nSPS) is 24.8. The van der Waals surface area contributed by atoms with E-state index in [9.17, 15) is 4.39 Å². The van der Waals surface area contributed by atoms with Crippen LogP contribution in [0.3, 0.4) is 0 Å². The molecule has 1 aromatic carbocycles. The molecule has 1 fully saturated rings. The highest BCUT2D eigenvalue weighted by Gasteiger charge is 2.25. The van der Waals surface area contributed by atoms with E-state index >= 15 is 0 Å². The molecule has 2 atom stereocenters. The van der Waals surface area contributed by atoms with Gasteiger partial charge in [0.1, 0.15) is 6.17 Å². The van der Waals surface area contributed by atoms with Crippen molar-refractivity contribution in [2.45, 2.75) is 44.3 Å². The quantitative estimate of drug-likeness (QED) is 0.753. The van der Waals surface area contributed by atoms with Crippen LogP contribution >= 0.6 is 0 Å². The predicted molar refractivity (Wildman–Crippen MR) is 65.3 cm³/mol. The first-order valence-corrected chi connectivity index (χ1v) is 6.27.